The second kappa shape index (κ2) is 5.13. The van der Waals surface area contributed by atoms with E-state index < -0.39 is 0 Å². The highest BCUT2D eigenvalue weighted by Crippen LogP contribution is 2.32. The molecule has 3 aromatic rings. The number of hydrogen-bond acceptors (Lipinski definition) is 1. The predicted molar refractivity (Wildman–Crippen MR) is 83.2 cm³/mol. The van der Waals surface area contributed by atoms with E-state index in [-0.39, 0.29) is 10.8 Å². The van der Waals surface area contributed by atoms with Gasteiger partial charge in [0.2, 0.25) is 0 Å². The number of rotatable bonds is 2. The van der Waals surface area contributed by atoms with Crippen molar-refractivity contribution in [2.75, 3.05) is 0 Å². The van der Waals surface area contributed by atoms with E-state index in [1.807, 2.05) is 12.1 Å². The molecule has 0 aliphatic carbocycles. The third kappa shape index (κ3) is 2.10. The van der Waals surface area contributed by atoms with Crippen LogP contribution in [0.3, 0.4) is 0 Å². The molecular formula is C15H8Cl3NO. The van der Waals surface area contributed by atoms with E-state index in [9.17, 15) is 4.79 Å². The molecule has 5 heteroatoms. The van der Waals surface area contributed by atoms with Crippen molar-refractivity contribution >= 4 is 51.5 Å². The second-order valence-electron chi connectivity index (χ2n) is 4.30. The third-order valence-corrected chi connectivity index (χ3v) is 4.23. The van der Waals surface area contributed by atoms with Gasteiger partial charge in [-0.1, -0.05) is 46.9 Å². The standard InChI is InChI=1S/C15H8Cl3NO/c16-10-4-2-6-12-13(10)9(7-19-12)15(20)8-3-1-5-11(17)14(8)18/h1-7,19H. The van der Waals surface area contributed by atoms with Crippen LogP contribution in [0, 0.1) is 0 Å². The number of nitrogens with one attached hydrogen (secondary N) is 1. The summed E-state index contributed by atoms with van der Waals surface area (Å²) in [5, 5.41) is 1.81. The number of benzene rings is 2. The molecule has 0 fully saturated rings. The van der Waals surface area contributed by atoms with Crippen LogP contribution < -0.4 is 0 Å². The van der Waals surface area contributed by atoms with Crippen LogP contribution in [0.4, 0.5) is 0 Å². The molecule has 0 saturated heterocycles. The van der Waals surface area contributed by atoms with Gasteiger partial charge in [0.1, 0.15) is 0 Å². The van der Waals surface area contributed by atoms with Crippen LogP contribution in [0.15, 0.2) is 42.6 Å². The van der Waals surface area contributed by atoms with E-state index in [2.05, 4.69) is 4.98 Å². The molecule has 2 aromatic carbocycles. The zero-order valence-electron chi connectivity index (χ0n) is 10.1. The Morgan fingerprint density at radius 2 is 1.60 bits per heavy atom. The summed E-state index contributed by atoms with van der Waals surface area (Å²) in [4.78, 5) is 15.7. The Morgan fingerprint density at radius 1 is 0.900 bits per heavy atom. The van der Waals surface area contributed by atoms with Gasteiger partial charge in [-0.25, -0.2) is 0 Å². The lowest BCUT2D eigenvalue weighted by Gasteiger charge is -2.04. The van der Waals surface area contributed by atoms with Crippen molar-refractivity contribution in [1.29, 1.82) is 0 Å². The Morgan fingerprint density at radius 3 is 2.40 bits per heavy atom. The first kappa shape index (κ1) is 13.5. The average Bonchev–Trinajstić information content (AvgIpc) is 2.86. The summed E-state index contributed by atoms with van der Waals surface area (Å²) < 4.78 is 0. The molecule has 1 heterocycles. The minimum Gasteiger partial charge on any atom is -0.360 e. The fourth-order valence-corrected chi connectivity index (χ4v) is 2.81. The molecule has 2 nitrogen and oxygen atoms in total. The number of ketones is 1. The first-order chi connectivity index (χ1) is 9.59. The summed E-state index contributed by atoms with van der Waals surface area (Å²) in [6, 6.07) is 10.4. The highest BCUT2D eigenvalue weighted by Gasteiger charge is 2.19. The quantitative estimate of drug-likeness (QED) is 0.632. The minimum absolute atomic E-state index is 0.211. The first-order valence-corrected chi connectivity index (χ1v) is 6.97. The number of fused-ring (bicyclic) bond motifs is 1. The monoisotopic (exact) mass is 323 g/mol. The lowest BCUT2D eigenvalue weighted by Crippen LogP contribution is -2.01. The van der Waals surface area contributed by atoms with Crippen molar-refractivity contribution in [3.63, 3.8) is 0 Å². The summed E-state index contributed by atoms with van der Waals surface area (Å²) in [7, 11) is 0. The molecule has 0 atom stereocenters. The van der Waals surface area contributed by atoms with Crippen molar-refractivity contribution < 1.29 is 4.79 Å². The van der Waals surface area contributed by atoms with Crippen LogP contribution >= 0.6 is 34.8 Å². The summed E-state index contributed by atoms with van der Waals surface area (Å²) in [6.45, 7) is 0. The molecule has 0 unspecified atom stereocenters. The van der Waals surface area contributed by atoms with E-state index in [4.69, 9.17) is 34.8 Å². The SMILES string of the molecule is O=C(c1cccc(Cl)c1Cl)c1c[nH]c2cccc(Cl)c12. The van der Waals surface area contributed by atoms with Gasteiger partial charge in [0.15, 0.2) is 5.78 Å². The number of halogens is 3. The normalized spacial score (nSPS) is 10.9. The van der Waals surface area contributed by atoms with Gasteiger partial charge in [-0.15, -0.1) is 0 Å². The third-order valence-electron chi connectivity index (χ3n) is 3.10. The van der Waals surface area contributed by atoms with Gasteiger partial charge < -0.3 is 4.98 Å². The van der Waals surface area contributed by atoms with E-state index in [1.165, 1.54) is 0 Å². The molecule has 0 saturated carbocycles. The molecule has 0 aliphatic rings. The second-order valence-corrected chi connectivity index (χ2v) is 5.49. The molecule has 20 heavy (non-hydrogen) atoms. The maximum atomic E-state index is 12.6. The highest BCUT2D eigenvalue weighted by molar-refractivity contribution is 6.45. The largest absolute Gasteiger partial charge is 0.360 e. The van der Waals surface area contributed by atoms with Gasteiger partial charge in [0.25, 0.3) is 0 Å². The lowest BCUT2D eigenvalue weighted by atomic mass is 10.0. The van der Waals surface area contributed by atoms with Crippen LogP contribution in [-0.4, -0.2) is 10.8 Å². The Labute approximate surface area is 130 Å². The van der Waals surface area contributed by atoms with Crippen LogP contribution in [0.2, 0.25) is 15.1 Å². The van der Waals surface area contributed by atoms with Crippen molar-refractivity contribution in [2.24, 2.45) is 0 Å². The predicted octanol–water partition coefficient (Wildman–Crippen LogP) is 5.36. The summed E-state index contributed by atoms with van der Waals surface area (Å²) >= 11 is 18.2. The average molecular weight is 325 g/mol. The minimum atomic E-state index is -0.211. The Bertz CT molecular complexity index is 823. The fourth-order valence-electron chi connectivity index (χ4n) is 2.14. The summed E-state index contributed by atoms with van der Waals surface area (Å²) in [6.07, 6.45) is 1.64. The van der Waals surface area contributed by atoms with E-state index in [0.717, 1.165) is 5.52 Å². The Balaban J connectivity index is 2.21. The number of H-pyrrole nitrogens is 1. The first-order valence-electron chi connectivity index (χ1n) is 5.84. The number of carbonyl (C=O) groups is 1. The number of aromatic amines is 1. The van der Waals surface area contributed by atoms with Crippen LogP contribution in [-0.2, 0) is 0 Å². The lowest BCUT2D eigenvalue weighted by molar-refractivity contribution is 0.104. The van der Waals surface area contributed by atoms with Crippen molar-refractivity contribution in [1.82, 2.24) is 4.98 Å². The summed E-state index contributed by atoms with van der Waals surface area (Å²) in [5.74, 6) is -0.211. The van der Waals surface area contributed by atoms with Crippen molar-refractivity contribution in [3.8, 4) is 0 Å². The number of carbonyl (C=O) groups excluding carboxylic acids is 1. The molecule has 100 valence electrons. The topological polar surface area (TPSA) is 32.9 Å². The molecule has 0 amide bonds. The molecule has 0 aliphatic heterocycles. The number of hydrogen-bond donors (Lipinski definition) is 1. The molecule has 1 N–H and O–H groups in total. The van der Waals surface area contributed by atoms with E-state index >= 15 is 0 Å². The maximum absolute atomic E-state index is 12.6. The Kier molecular flexibility index (Phi) is 3.47. The van der Waals surface area contributed by atoms with Gasteiger partial charge >= 0.3 is 0 Å². The molecule has 0 bridgehead atoms. The van der Waals surface area contributed by atoms with E-state index in [0.29, 0.717) is 26.6 Å². The van der Waals surface area contributed by atoms with Gasteiger partial charge in [-0.05, 0) is 24.3 Å². The highest BCUT2D eigenvalue weighted by atomic mass is 35.5. The zero-order chi connectivity index (χ0) is 14.3. The molecule has 3 rings (SSSR count). The van der Waals surface area contributed by atoms with Gasteiger partial charge in [0, 0.05) is 28.2 Å². The molecule has 1 aromatic heterocycles. The smallest absolute Gasteiger partial charge is 0.196 e. The Hall–Kier alpha value is -1.48. The van der Waals surface area contributed by atoms with E-state index in [1.54, 1.807) is 30.5 Å². The van der Waals surface area contributed by atoms with Crippen LogP contribution in [0.5, 0.6) is 0 Å². The van der Waals surface area contributed by atoms with Crippen LogP contribution in [0.1, 0.15) is 15.9 Å². The zero-order valence-corrected chi connectivity index (χ0v) is 12.4. The number of aromatic nitrogens is 1. The van der Waals surface area contributed by atoms with Crippen molar-refractivity contribution in [2.45, 2.75) is 0 Å². The molecule has 0 radical (unpaired) electrons. The molecule has 0 spiro atoms. The van der Waals surface area contributed by atoms with Gasteiger partial charge in [-0.3, -0.25) is 4.79 Å². The fraction of sp³-hybridized carbons (Fsp3) is 0. The van der Waals surface area contributed by atoms with Gasteiger partial charge in [-0.2, -0.15) is 0 Å². The maximum Gasteiger partial charge on any atom is 0.196 e. The molecular weight excluding hydrogens is 317 g/mol. The van der Waals surface area contributed by atoms with Gasteiger partial charge in [0.05, 0.1) is 15.1 Å². The summed E-state index contributed by atoms with van der Waals surface area (Å²) in [5.41, 5.74) is 1.65. The van der Waals surface area contributed by atoms with Crippen molar-refractivity contribution in [3.05, 3.63) is 68.8 Å². The van der Waals surface area contributed by atoms with Crippen LogP contribution in [0.25, 0.3) is 10.9 Å².